The maximum Gasteiger partial charge on any atom is 0.414 e. The summed E-state index contributed by atoms with van der Waals surface area (Å²) in [6.07, 6.45) is 4.57. The van der Waals surface area contributed by atoms with Crippen molar-refractivity contribution in [3.63, 3.8) is 0 Å². The zero-order chi connectivity index (χ0) is 24.7. The minimum Gasteiger partial charge on any atom is -0.460 e. The second kappa shape index (κ2) is 11.7. The molecule has 0 aliphatic carbocycles. The molecule has 3 rings (SSSR count). The summed E-state index contributed by atoms with van der Waals surface area (Å²) in [6, 6.07) is 5.16. The lowest BCUT2D eigenvalue weighted by Crippen LogP contribution is -2.46. The number of allylic oxidation sites excluding steroid dienone is 1. The van der Waals surface area contributed by atoms with Crippen molar-refractivity contribution in [1.82, 2.24) is 0 Å². The monoisotopic (exact) mass is 471 g/mol. The Labute approximate surface area is 199 Å². The predicted molar refractivity (Wildman–Crippen MR) is 131 cm³/mol. The number of fused-ring (bicyclic) bond motifs is 1. The van der Waals surface area contributed by atoms with Gasteiger partial charge in [-0.3, -0.25) is 9.89 Å². The molecule has 0 bridgehead atoms. The van der Waals surface area contributed by atoms with E-state index in [0.29, 0.717) is 41.7 Å². The van der Waals surface area contributed by atoms with E-state index in [0.717, 1.165) is 12.0 Å². The molecule has 34 heavy (non-hydrogen) atoms. The van der Waals surface area contributed by atoms with Crippen molar-refractivity contribution in [3.8, 4) is 0 Å². The van der Waals surface area contributed by atoms with E-state index in [1.165, 1.54) is 11.1 Å². The van der Waals surface area contributed by atoms with Crippen molar-refractivity contribution in [1.29, 1.82) is 0 Å². The highest BCUT2D eigenvalue weighted by molar-refractivity contribution is 6.13. The van der Waals surface area contributed by atoms with Crippen molar-refractivity contribution in [2.45, 2.75) is 52.2 Å². The standard InChI is InChI=1S/C25H33N3O6/c1-5-19-13-18(10-11-33-19)28(25(30)32-7-3)22-20-12-16(17(14-26)15-27-4)8-9-21(20)34-23(22)24(29)31-6-2/h8-9,12,14-15,18-19H,5-7,10-11,13,26H2,1-4H3/b17-14+,27-15?. The molecule has 1 fully saturated rings. The van der Waals surface area contributed by atoms with Gasteiger partial charge in [0.05, 0.1) is 19.3 Å². The molecule has 9 heteroatoms. The summed E-state index contributed by atoms with van der Waals surface area (Å²) in [5, 5.41) is 0.581. The molecule has 1 aliphatic rings. The zero-order valence-electron chi connectivity index (χ0n) is 20.2. The summed E-state index contributed by atoms with van der Waals surface area (Å²) in [5.74, 6) is -0.683. The molecule has 2 heterocycles. The number of aliphatic imine (C=N–C) groups is 1. The first-order chi connectivity index (χ1) is 16.5. The van der Waals surface area contributed by atoms with Gasteiger partial charge in [0.1, 0.15) is 11.3 Å². The largest absolute Gasteiger partial charge is 0.460 e. The molecule has 2 atom stereocenters. The zero-order valence-corrected chi connectivity index (χ0v) is 20.2. The molecule has 2 N–H and O–H groups in total. The highest BCUT2D eigenvalue weighted by Crippen LogP contribution is 2.39. The maximum absolute atomic E-state index is 13.3. The minimum atomic E-state index is -0.645. The van der Waals surface area contributed by atoms with Crippen LogP contribution in [0.2, 0.25) is 0 Å². The molecule has 2 aromatic rings. The SMILES string of the molecule is CCOC(=O)c1oc2ccc(/C(C=NC)=C/N)cc2c1N(C(=O)OCC)C1CCOC(CC)C1. The highest BCUT2D eigenvalue weighted by atomic mass is 16.6. The van der Waals surface area contributed by atoms with Crippen molar-refractivity contribution < 1.29 is 28.2 Å². The fraction of sp³-hybridized carbons (Fsp3) is 0.480. The number of carbonyl (C=O) groups excluding carboxylic acids is 2. The van der Waals surface area contributed by atoms with Gasteiger partial charge in [-0.15, -0.1) is 0 Å². The van der Waals surface area contributed by atoms with Gasteiger partial charge in [-0.2, -0.15) is 0 Å². The first-order valence-electron chi connectivity index (χ1n) is 11.6. The first-order valence-corrected chi connectivity index (χ1v) is 11.6. The average molecular weight is 472 g/mol. The van der Waals surface area contributed by atoms with E-state index < -0.39 is 12.1 Å². The van der Waals surface area contributed by atoms with Gasteiger partial charge in [-0.1, -0.05) is 13.0 Å². The lowest BCUT2D eigenvalue weighted by atomic mass is 9.98. The molecular weight excluding hydrogens is 438 g/mol. The molecule has 1 aromatic carbocycles. The van der Waals surface area contributed by atoms with Gasteiger partial charge in [0.25, 0.3) is 0 Å². The van der Waals surface area contributed by atoms with E-state index >= 15 is 0 Å². The number of rotatable bonds is 8. The van der Waals surface area contributed by atoms with Crippen LogP contribution in [-0.2, 0) is 14.2 Å². The van der Waals surface area contributed by atoms with E-state index in [2.05, 4.69) is 4.99 Å². The van der Waals surface area contributed by atoms with Crippen molar-refractivity contribution in [3.05, 3.63) is 35.7 Å². The molecular formula is C25H33N3O6. The Balaban J connectivity index is 2.25. The molecule has 1 aliphatic heterocycles. The van der Waals surface area contributed by atoms with Gasteiger partial charge in [0, 0.05) is 43.1 Å². The van der Waals surface area contributed by atoms with Crippen LogP contribution in [0.3, 0.4) is 0 Å². The Bertz CT molecular complexity index is 1070. The Hall–Kier alpha value is -3.33. The van der Waals surface area contributed by atoms with Crippen LogP contribution in [0.4, 0.5) is 10.5 Å². The van der Waals surface area contributed by atoms with Crippen LogP contribution < -0.4 is 10.6 Å². The summed E-state index contributed by atoms with van der Waals surface area (Å²) < 4.78 is 22.5. The van der Waals surface area contributed by atoms with E-state index in [4.69, 9.17) is 24.4 Å². The number of hydrogen-bond acceptors (Lipinski definition) is 8. The second-order valence-corrected chi connectivity index (χ2v) is 7.87. The molecule has 184 valence electrons. The summed E-state index contributed by atoms with van der Waals surface area (Å²) in [5.41, 5.74) is 8.04. The number of benzene rings is 1. The minimum absolute atomic E-state index is 0.00277. The summed E-state index contributed by atoms with van der Waals surface area (Å²) in [6.45, 7) is 6.37. The van der Waals surface area contributed by atoms with Gasteiger partial charge < -0.3 is 24.4 Å². The predicted octanol–water partition coefficient (Wildman–Crippen LogP) is 4.53. The first kappa shape index (κ1) is 25.3. The molecule has 0 saturated carbocycles. The fourth-order valence-electron chi connectivity index (χ4n) is 4.19. The number of nitrogens with two attached hydrogens (primary N) is 1. The molecule has 1 aromatic heterocycles. The Morgan fingerprint density at radius 2 is 2.00 bits per heavy atom. The van der Waals surface area contributed by atoms with Crippen LogP contribution in [0.5, 0.6) is 0 Å². The van der Waals surface area contributed by atoms with Gasteiger partial charge in [-0.05, 0) is 50.8 Å². The van der Waals surface area contributed by atoms with Crippen molar-refractivity contribution >= 4 is 40.5 Å². The number of carbonyl (C=O) groups is 2. The Morgan fingerprint density at radius 3 is 2.65 bits per heavy atom. The molecule has 0 radical (unpaired) electrons. The Kier molecular flexibility index (Phi) is 8.70. The topological polar surface area (TPSA) is 117 Å². The summed E-state index contributed by atoms with van der Waals surface area (Å²) >= 11 is 0. The normalized spacial score (nSPS) is 18.9. The van der Waals surface area contributed by atoms with E-state index in [1.54, 1.807) is 33.2 Å². The summed E-state index contributed by atoms with van der Waals surface area (Å²) in [7, 11) is 1.65. The number of amides is 1. The number of ether oxygens (including phenoxy) is 3. The van der Waals surface area contributed by atoms with Crippen LogP contribution >= 0.6 is 0 Å². The quantitative estimate of drug-likeness (QED) is 0.444. The van der Waals surface area contributed by atoms with E-state index in [1.807, 2.05) is 19.1 Å². The van der Waals surface area contributed by atoms with Crippen LogP contribution in [0.1, 0.15) is 56.2 Å². The van der Waals surface area contributed by atoms with E-state index in [-0.39, 0.29) is 31.1 Å². The molecule has 0 spiro atoms. The number of furan rings is 1. The van der Waals surface area contributed by atoms with Crippen LogP contribution in [0.25, 0.3) is 16.5 Å². The van der Waals surface area contributed by atoms with Gasteiger partial charge >= 0.3 is 12.1 Å². The number of hydrogen-bond donors (Lipinski definition) is 1. The lowest BCUT2D eigenvalue weighted by Gasteiger charge is -2.36. The maximum atomic E-state index is 13.3. The van der Waals surface area contributed by atoms with Gasteiger partial charge in [-0.25, -0.2) is 9.59 Å². The smallest absolute Gasteiger partial charge is 0.414 e. The number of anilines is 1. The average Bonchev–Trinajstić information content (AvgIpc) is 3.22. The van der Waals surface area contributed by atoms with Crippen molar-refractivity contribution in [2.24, 2.45) is 10.7 Å². The third-order valence-corrected chi connectivity index (χ3v) is 5.77. The van der Waals surface area contributed by atoms with E-state index in [9.17, 15) is 9.59 Å². The highest BCUT2D eigenvalue weighted by Gasteiger charge is 2.37. The Morgan fingerprint density at radius 1 is 1.24 bits per heavy atom. The molecule has 9 nitrogen and oxygen atoms in total. The van der Waals surface area contributed by atoms with Gasteiger partial charge in [0.2, 0.25) is 5.76 Å². The third-order valence-electron chi connectivity index (χ3n) is 5.77. The summed E-state index contributed by atoms with van der Waals surface area (Å²) in [4.78, 5) is 31.8. The lowest BCUT2D eigenvalue weighted by molar-refractivity contribution is 0.00465. The molecule has 1 saturated heterocycles. The fourth-order valence-corrected chi connectivity index (χ4v) is 4.19. The molecule has 1 amide bonds. The van der Waals surface area contributed by atoms with Gasteiger partial charge in [0.15, 0.2) is 0 Å². The molecule has 2 unspecified atom stereocenters. The van der Waals surface area contributed by atoms with Crippen molar-refractivity contribution in [2.75, 3.05) is 31.8 Å². The van der Waals surface area contributed by atoms with Crippen LogP contribution in [0, 0.1) is 0 Å². The van der Waals surface area contributed by atoms with Crippen LogP contribution in [0.15, 0.2) is 33.8 Å². The van der Waals surface area contributed by atoms with Crippen LogP contribution in [-0.4, -0.2) is 57.3 Å². The number of nitrogens with zero attached hydrogens (tertiary/aromatic N) is 2. The second-order valence-electron chi connectivity index (χ2n) is 7.87. The number of esters is 1. The third kappa shape index (κ3) is 5.25.